The SMILES string of the molecule is CC1CCC(=C2CC(=O)CCC2C)CC1. The van der Waals surface area contributed by atoms with E-state index in [-0.39, 0.29) is 0 Å². The van der Waals surface area contributed by atoms with Gasteiger partial charge in [0.2, 0.25) is 0 Å². The average Bonchev–Trinajstić information content (AvgIpc) is 2.23. The van der Waals surface area contributed by atoms with Crippen molar-refractivity contribution < 1.29 is 4.79 Å². The Kier molecular flexibility index (Phi) is 3.28. The molecule has 1 atom stereocenters. The van der Waals surface area contributed by atoms with E-state index in [9.17, 15) is 4.79 Å². The average molecular weight is 206 g/mol. The van der Waals surface area contributed by atoms with Crippen LogP contribution >= 0.6 is 0 Å². The third kappa shape index (κ3) is 2.50. The molecule has 0 aromatic rings. The number of hydrogen-bond acceptors (Lipinski definition) is 1. The van der Waals surface area contributed by atoms with E-state index in [2.05, 4.69) is 13.8 Å². The Morgan fingerprint density at radius 1 is 1.00 bits per heavy atom. The van der Waals surface area contributed by atoms with E-state index in [1.165, 1.54) is 31.3 Å². The van der Waals surface area contributed by atoms with Crippen molar-refractivity contribution in [1.82, 2.24) is 0 Å². The van der Waals surface area contributed by atoms with E-state index < -0.39 is 0 Å². The molecule has 84 valence electrons. The summed E-state index contributed by atoms with van der Waals surface area (Å²) in [7, 11) is 0. The zero-order valence-electron chi connectivity index (χ0n) is 10.0. The predicted octanol–water partition coefficient (Wildman–Crippen LogP) is 3.88. The van der Waals surface area contributed by atoms with Crippen LogP contribution < -0.4 is 0 Å². The van der Waals surface area contributed by atoms with Gasteiger partial charge in [-0.25, -0.2) is 0 Å². The van der Waals surface area contributed by atoms with Gasteiger partial charge in [0.25, 0.3) is 0 Å². The lowest BCUT2D eigenvalue weighted by Crippen LogP contribution is -2.18. The number of hydrogen-bond donors (Lipinski definition) is 0. The zero-order valence-corrected chi connectivity index (χ0v) is 10.0. The summed E-state index contributed by atoms with van der Waals surface area (Å²) in [5.41, 5.74) is 3.15. The quantitative estimate of drug-likeness (QED) is 0.550. The fourth-order valence-corrected chi connectivity index (χ4v) is 2.93. The predicted molar refractivity (Wildman–Crippen MR) is 62.7 cm³/mol. The van der Waals surface area contributed by atoms with Crippen molar-refractivity contribution in [1.29, 1.82) is 0 Å². The third-order valence-corrected chi connectivity index (χ3v) is 4.17. The summed E-state index contributed by atoms with van der Waals surface area (Å²) in [4.78, 5) is 11.5. The molecule has 0 aromatic carbocycles. The van der Waals surface area contributed by atoms with E-state index in [0.29, 0.717) is 11.7 Å². The minimum absolute atomic E-state index is 0.467. The highest BCUT2D eigenvalue weighted by Crippen LogP contribution is 2.37. The van der Waals surface area contributed by atoms with E-state index in [0.717, 1.165) is 25.2 Å². The van der Waals surface area contributed by atoms with Gasteiger partial charge in [0, 0.05) is 12.8 Å². The normalized spacial score (nSPS) is 33.3. The van der Waals surface area contributed by atoms with Crippen LogP contribution in [0.2, 0.25) is 0 Å². The molecule has 0 aromatic heterocycles. The topological polar surface area (TPSA) is 17.1 Å². The molecule has 0 bridgehead atoms. The zero-order chi connectivity index (χ0) is 10.8. The summed E-state index contributed by atoms with van der Waals surface area (Å²) in [5.74, 6) is 2.03. The van der Waals surface area contributed by atoms with Crippen LogP contribution in [0.4, 0.5) is 0 Å². The van der Waals surface area contributed by atoms with Crippen LogP contribution in [0.3, 0.4) is 0 Å². The highest BCUT2D eigenvalue weighted by Gasteiger charge is 2.24. The van der Waals surface area contributed by atoms with Crippen LogP contribution in [0.25, 0.3) is 0 Å². The maximum atomic E-state index is 11.5. The number of carbonyl (C=O) groups is 1. The molecule has 0 aliphatic heterocycles. The van der Waals surface area contributed by atoms with Crippen LogP contribution in [0.5, 0.6) is 0 Å². The molecule has 2 fully saturated rings. The molecule has 15 heavy (non-hydrogen) atoms. The van der Waals surface area contributed by atoms with Crippen LogP contribution in [-0.2, 0) is 4.79 Å². The lowest BCUT2D eigenvalue weighted by atomic mass is 9.76. The Morgan fingerprint density at radius 3 is 2.33 bits per heavy atom. The monoisotopic (exact) mass is 206 g/mol. The molecule has 0 amide bonds. The van der Waals surface area contributed by atoms with Gasteiger partial charge < -0.3 is 0 Å². The second-order valence-corrected chi connectivity index (χ2v) is 5.47. The summed E-state index contributed by atoms with van der Waals surface area (Å²) in [5, 5.41) is 0. The van der Waals surface area contributed by atoms with Gasteiger partial charge in [-0.05, 0) is 43.9 Å². The Morgan fingerprint density at radius 2 is 1.67 bits per heavy atom. The summed E-state index contributed by atoms with van der Waals surface area (Å²) in [6.07, 6.45) is 7.86. The Bertz CT molecular complexity index is 278. The molecule has 0 N–H and O–H groups in total. The Labute approximate surface area is 92.9 Å². The van der Waals surface area contributed by atoms with Gasteiger partial charge >= 0.3 is 0 Å². The van der Waals surface area contributed by atoms with Crippen molar-refractivity contribution in [2.24, 2.45) is 11.8 Å². The first kappa shape index (κ1) is 10.9. The molecule has 2 rings (SSSR count). The van der Waals surface area contributed by atoms with Crippen molar-refractivity contribution in [3.8, 4) is 0 Å². The fraction of sp³-hybridized carbons (Fsp3) is 0.786. The minimum Gasteiger partial charge on any atom is -0.299 e. The summed E-state index contributed by atoms with van der Waals surface area (Å²) >= 11 is 0. The van der Waals surface area contributed by atoms with E-state index in [1.807, 2.05) is 0 Å². The second-order valence-electron chi connectivity index (χ2n) is 5.47. The van der Waals surface area contributed by atoms with Crippen molar-refractivity contribution >= 4 is 5.78 Å². The van der Waals surface area contributed by atoms with Crippen molar-refractivity contribution in [2.75, 3.05) is 0 Å². The Balaban J connectivity index is 2.12. The molecule has 0 saturated heterocycles. The van der Waals surface area contributed by atoms with Crippen LogP contribution in [0.15, 0.2) is 11.1 Å². The number of rotatable bonds is 0. The first-order valence-electron chi connectivity index (χ1n) is 6.39. The smallest absolute Gasteiger partial charge is 0.136 e. The van der Waals surface area contributed by atoms with Gasteiger partial charge in [-0.3, -0.25) is 4.79 Å². The number of Topliss-reactive ketones (excluding diaryl/α,β-unsaturated/α-hetero) is 1. The Hall–Kier alpha value is -0.590. The molecule has 2 aliphatic rings. The molecule has 1 nitrogen and oxygen atoms in total. The molecular formula is C14H22O. The van der Waals surface area contributed by atoms with E-state index >= 15 is 0 Å². The molecule has 1 unspecified atom stereocenters. The van der Waals surface area contributed by atoms with E-state index in [1.54, 1.807) is 5.57 Å². The fourth-order valence-electron chi connectivity index (χ4n) is 2.93. The summed E-state index contributed by atoms with van der Waals surface area (Å²) in [6, 6.07) is 0. The molecule has 2 aliphatic carbocycles. The van der Waals surface area contributed by atoms with Gasteiger partial charge in [-0.15, -0.1) is 0 Å². The number of ketones is 1. The summed E-state index contributed by atoms with van der Waals surface area (Å²) < 4.78 is 0. The summed E-state index contributed by atoms with van der Waals surface area (Å²) in [6.45, 7) is 4.64. The molecule has 1 heteroatoms. The van der Waals surface area contributed by atoms with Crippen molar-refractivity contribution in [3.63, 3.8) is 0 Å². The lowest BCUT2D eigenvalue weighted by molar-refractivity contribution is -0.119. The highest BCUT2D eigenvalue weighted by atomic mass is 16.1. The first-order chi connectivity index (χ1) is 7.16. The first-order valence-corrected chi connectivity index (χ1v) is 6.39. The van der Waals surface area contributed by atoms with Gasteiger partial charge in [-0.2, -0.15) is 0 Å². The van der Waals surface area contributed by atoms with Gasteiger partial charge in [0.05, 0.1) is 0 Å². The lowest BCUT2D eigenvalue weighted by Gasteiger charge is -2.29. The maximum absolute atomic E-state index is 11.5. The molecule has 0 heterocycles. The van der Waals surface area contributed by atoms with Crippen molar-refractivity contribution in [2.45, 2.75) is 58.8 Å². The van der Waals surface area contributed by atoms with Crippen LogP contribution in [-0.4, -0.2) is 5.78 Å². The largest absolute Gasteiger partial charge is 0.299 e. The highest BCUT2D eigenvalue weighted by molar-refractivity contribution is 5.82. The molecular weight excluding hydrogens is 184 g/mol. The second kappa shape index (κ2) is 4.51. The van der Waals surface area contributed by atoms with Crippen molar-refractivity contribution in [3.05, 3.63) is 11.1 Å². The number of allylic oxidation sites excluding steroid dienone is 2. The van der Waals surface area contributed by atoms with E-state index in [4.69, 9.17) is 0 Å². The molecule has 0 radical (unpaired) electrons. The molecule has 2 saturated carbocycles. The standard InChI is InChI=1S/C14H22O/c1-10-3-6-12(7-4-10)14-9-13(15)8-5-11(14)2/h10-11H,3-9H2,1-2H3. The minimum atomic E-state index is 0.467. The van der Waals surface area contributed by atoms with Crippen LogP contribution in [0.1, 0.15) is 58.8 Å². The van der Waals surface area contributed by atoms with Gasteiger partial charge in [-0.1, -0.05) is 25.0 Å². The van der Waals surface area contributed by atoms with Gasteiger partial charge in [0.15, 0.2) is 0 Å². The van der Waals surface area contributed by atoms with Gasteiger partial charge in [0.1, 0.15) is 5.78 Å². The third-order valence-electron chi connectivity index (χ3n) is 4.17. The number of carbonyl (C=O) groups excluding carboxylic acids is 1. The maximum Gasteiger partial charge on any atom is 0.136 e. The van der Waals surface area contributed by atoms with Crippen LogP contribution in [0, 0.1) is 11.8 Å². The molecule has 0 spiro atoms.